The summed E-state index contributed by atoms with van der Waals surface area (Å²) in [6, 6.07) is 9.85. The van der Waals surface area contributed by atoms with Crippen LogP contribution in [0.1, 0.15) is 33.5 Å². The van der Waals surface area contributed by atoms with E-state index < -0.39 is 9.84 Å². The molecule has 0 N–H and O–H groups in total. The average Bonchev–Trinajstić information content (AvgIpc) is 3.42. The number of nitrogens with zero attached hydrogens (tertiary/aromatic N) is 2. The van der Waals surface area contributed by atoms with Crippen molar-refractivity contribution in [3.8, 4) is 11.5 Å². The molecule has 0 saturated carbocycles. The molecule has 1 unspecified atom stereocenters. The van der Waals surface area contributed by atoms with E-state index in [0.29, 0.717) is 42.5 Å². The van der Waals surface area contributed by atoms with Gasteiger partial charge in [0.2, 0.25) is 5.78 Å². The number of fused-ring (bicyclic) bond motifs is 4. The van der Waals surface area contributed by atoms with Gasteiger partial charge in [-0.15, -0.1) is 0 Å². The van der Waals surface area contributed by atoms with E-state index in [1.807, 2.05) is 66.0 Å². The first-order chi connectivity index (χ1) is 15.8. The van der Waals surface area contributed by atoms with Crippen LogP contribution in [-0.2, 0) is 23.4 Å². The van der Waals surface area contributed by atoms with Crippen LogP contribution in [0.25, 0.3) is 17.0 Å². The van der Waals surface area contributed by atoms with Crippen molar-refractivity contribution in [3.05, 3.63) is 64.5 Å². The Morgan fingerprint density at radius 2 is 2.03 bits per heavy atom. The molecule has 1 fully saturated rings. The molecule has 1 atom stereocenters. The second kappa shape index (κ2) is 7.20. The Morgan fingerprint density at radius 3 is 2.82 bits per heavy atom. The highest BCUT2D eigenvalue weighted by atomic mass is 32.2. The minimum Gasteiger partial charge on any atom is -0.478 e. The molecular formula is C25H24N2O5S. The number of ketones is 1. The first kappa shape index (κ1) is 20.5. The molecule has 6 rings (SSSR count). The Labute approximate surface area is 192 Å². The van der Waals surface area contributed by atoms with Gasteiger partial charge in [-0.2, -0.15) is 0 Å². The number of benzene rings is 2. The Kier molecular flexibility index (Phi) is 4.47. The summed E-state index contributed by atoms with van der Waals surface area (Å²) in [5, 5.41) is 1.05. The van der Waals surface area contributed by atoms with E-state index >= 15 is 0 Å². The lowest BCUT2D eigenvalue weighted by molar-refractivity contribution is 0.0633. The highest BCUT2D eigenvalue weighted by Gasteiger charge is 2.39. The van der Waals surface area contributed by atoms with E-state index in [-0.39, 0.29) is 23.3 Å². The van der Waals surface area contributed by atoms with Crippen LogP contribution in [0.5, 0.6) is 11.5 Å². The Balaban J connectivity index is 1.38. The number of carbonyl (C=O) groups excluding carboxylic acids is 1. The minimum absolute atomic E-state index is 0.0806. The molecular weight excluding hydrogens is 440 g/mol. The maximum Gasteiger partial charge on any atom is 0.232 e. The molecule has 3 aromatic rings. The molecule has 3 aliphatic rings. The van der Waals surface area contributed by atoms with E-state index in [1.165, 1.54) is 0 Å². The number of hydrogen-bond donors (Lipinski definition) is 0. The zero-order valence-electron chi connectivity index (χ0n) is 18.5. The molecule has 0 aliphatic carbocycles. The van der Waals surface area contributed by atoms with Crippen molar-refractivity contribution in [3.63, 3.8) is 0 Å². The van der Waals surface area contributed by atoms with Crippen molar-refractivity contribution in [1.29, 1.82) is 0 Å². The molecule has 7 nitrogen and oxygen atoms in total. The topological polar surface area (TPSA) is 77.8 Å². The van der Waals surface area contributed by atoms with Crippen LogP contribution in [0, 0.1) is 6.92 Å². The summed E-state index contributed by atoms with van der Waals surface area (Å²) in [7, 11) is -1.02. The molecule has 1 saturated heterocycles. The number of sulfone groups is 1. The van der Waals surface area contributed by atoms with Crippen LogP contribution in [0.15, 0.2) is 42.3 Å². The lowest BCUT2D eigenvalue weighted by Gasteiger charge is -2.33. The quantitative estimate of drug-likeness (QED) is 0.541. The van der Waals surface area contributed by atoms with E-state index in [9.17, 15) is 13.2 Å². The van der Waals surface area contributed by atoms with Gasteiger partial charge in [0, 0.05) is 42.3 Å². The third-order valence-corrected chi connectivity index (χ3v) is 8.64. The van der Waals surface area contributed by atoms with Crippen molar-refractivity contribution in [2.45, 2.75) is 25.9 Å². The van der Waals surface area contributed by atoms with E-state index in [1.54, 1.807) is 0 Å². The predicted molar refractivity (Wildman–Crippen MR) is 125 cm³/mol. The SMILES string of the molecule is Cc1cc2c(c3c1C(=O)/C(=C/c1cn(C)c4ccccc14)O3)CN(C1CCS(=O)(=O)C1)CO2. The van der Waals surface area contributed by atoms with Gasteiger partial charge in [0.05, 0.1) is 22.6 Å². The van der Waals surface area contributed by atoms with Crippen molar-refractivity contribution in [2.75, 3.05) is 18.2 Å². The van der Waals surface area contributed by atoms with Gasteiger partial charge in [0.1, 0.15) is 18.2 Å². The zero-order chi connectivity index (χ0) is 22.9. The summed E-state index contributed by atoms with van der Waals surface area (Å²) in [6.45, 7) is 2.71. The number of aromatic nitrogens is 1. The molecule has 4 heterocycles. The molecule has 2 aromatic carbocycles. The third kappa shape index (κ3) is 3.28. The number of aryl methyl sites for hydroxylation is 2. The summed E-state index contributed by atoms with van der Waals surface area (Å²) in [5.74, 6) is 1.73. The van der Waals surface area contributed by atoms with E-state index in [0.717, 1.165) is 27.6 Å². The Bertz CT molecular complexity index is 1470. The van der Waals surface area contributed by atoms with Gasteiger partial charge >= 0.3 is 0 Å². The number of Topliss-reactive ketones (excluding diaryl/α,β-unsaturated/α-hetero) is 1. The smallest absolute Gasteiger partial charge is 0.232 e. The maximum absolute atomic E-state index is 13.3. The average molecular weight is 465 g/mol. The fourth-order valence-corrected chi connectivity index (χ4v) is 6.94. The van der Waals surface area contributed by atoms with Crippen molar-refractivity contribution in [1.82, 2.24) is 9.47 Å². The summed E-state index contributed by atoms with van der Waals surface area (Å²) in [5.41, 5.74) is 4.18. The maximum atomic E-state index is 13.3. The van der Waals surface area contributed by atoms with E-state index in [4.69, 9.17) is 9.47 Å². The van der Waals surface area contributed by atoms with Gasteiger partial charge < -0.3 is 14.0 Å². The van der Waals surface area contributed by atoms with Gasteiger partial charge in [-0.1, -0.05) is 18.2 Å². The fraction of sp³-hybridized carbons (Fsp3) is 0.320. The number of ether oxygens (including phenoxy) is 2. The van der Waals surface area contributed by atoms with Crippen LogP contribution in [0.2, 0.25) is 0 Å². The van der Waals surface area contributed by atoms with Gasteiger partial charge in [0.25, 0.3) is 0 Å². The van der Waals surface area contributed by atoms with Crippen LogP contribution >= 0.6 is 0 Å². The van der Waals surface area contributed by atoms with E-state index in [2.05, 4.69) is 0 Å². The Hall–Kier alpha value is -3.10. The second-order valence-electron chi connectivity index (χ2n) is 9.10. The highest BCUT2D eigenvalue weighted by molar-refractivity contribution is 7.91. The number of carbonyl (C=O) groups is 1. The molecule has 170 valence electrons. The summed E-state index contributed by atoms with van der Waals surface area (Å²) in [4.78, 5) is 15.4. The molecule has 1 aromatic heterocycles. The second-order valence-corrected chi connectivity index (χ2v) is 11.3. The van der Waals surface area contributed by atoms with Crippen molar-refractivity contribution in [2.24, 2.45) is 7.05 Å². The Morgan fingerprint density at radius 1 is 1.21 bits per heavy atom. The fourth-order valence-electron chi connectivity index (χ4n) is 5.17. The van der Waals surface area contributed by atoms with Crippen molar-refractivity contribution < 1.29 is 22.7 Å². The minimum atomic E-state index is -3.00. The van der Waals surface area contributed by atoms with Crippen LogP contribution < -0.4 is 9.47 Å². The monoisotopic (exact) mass is 464 g/mol. The molecule has 3 aliphatic heterocycles. The lowest BCUT2D eigenvalue weighted by Crippen LogP contribution is -2.41. The van der Waals surface area contributed by atoms with Crippen LogP contribution in [0.4, 0.5) is 0 Å². The van der Waals surface area contributed by atoms with Gasteiger partial charge in [-0.25, -0.2) is 8.42 Å². The first-order valence-corrected chi connectivity index (χ1v) is 12.8. The molecule has 8 heteroatoms. The summed E-state index contributed by atoms with van der Waals surface area (Å²) in [6.07, 6.45) is 4.40. The number of rotatable bonds is 2. The number of para-hydroxylation sites is 1. The highest BCUT2D eigenvalue weighted by Crippen LogP contribution is 2.44. The predicted octanol–water partition coefficient (Wildman–Crippen LogP) is 3.44. The lowest BCUT2D eigenvalue weighted by atomic mass is 9.98. The van der Waals surface area contributed by atoms with Crippen LogP contribution in [0.3, 0.4) is 0 Å². The van der Waals surface area contributed by atoms with Crippen molar-refractivity contribution >= 4 is 32.6 Å². The van der Waals surface area contributed by atoms with Gasteiger partial charge in [-0.3, -0.25) is 9.69 Å². The zero-order valence-corrected chi connectivity index (χ0v) is 19.3. The molecule has 0 radical (unpaired) electrons. The summed E-state index contributed by atoms with van der Waals surface area (Å²) < 4.78 is 38.1. The number of hydrogen-bond acceptors (Lipinski definition) is 6. The number of allylic oxidation sites excluding steroid dienone is 1. The van der Waals surface area contributed by atoms with Gasteiger partial charge in [-0.05, 0) is 37.1 Å². The molecule has 0 spiro atoms. The standard InChI is InChI=1S/C25H24N2O5S/c1-15-9-21-19(12-27(14-31-21)17-7-8-33(29,30)13-17)25-23(15)24(28)22(32-25)10-16-11-26(2)20-6-4-3-5-18(16)20/h3-6,9-11,17H,7-8,12-14H2,1-2H3/b22-10-. The van der Waals surface area contributed by atoms with Gasteiger partial charge in [0.15, 0.2) is 15.6 Å². The molecule has 33 heavy (non-hydrogen) atoms. The van der Waals surface area contributed by atoms with Crippen LogP contribution in [-0.4, -0.2) is 47.9 Å². The normalized spacial score (nSPS) is 22.9. The largest absolute Gasteiger partial charge is 0.478 e. The molecule has 0 amide bonds. The third-order valence-electron chi connectivity index (χ3n) is 6.89. The first-order valence-electron chi connectivity index (χ1n) is 11.0. The molecule has 0 bridgehead atoms. The summed E-state index contributed by atoms with van der Waals surface area (Å²) >= 11 is 0.